The molecule has 3 rings (SSSR count). The van der Waals surface area contributed by atoms with Gasteiger partial charge in [0.25, 0.3) is 0 Å². The summed E-state index contributed by atoms with van der Waals surface area (Å²) in [5, 5.41) is 2.05. The maximum Gasteiger partial charge on any atom is 0.243 e. The van der Waals surface area contributed by atoms with Crippen LogP contribution in [0.15, 0.2) is 35.7 Å². The number of nitrogens with zero attached hydrogens (tertiary/aromatic N) is 2. The molecule has 2 heterocycles. The van der Waals surface area contributed by atoms with Crippen LogP contribution >= 0.6 is 11.3 Å². The van der Waals surface area contributed by atoms with Crippen molar-refractivity contribution in [2.24, 2.45) is 0 Å². The summed E-state index contributed by atoms with van der Waals surface area (Å²) in [6.45, 7) is 6.79. The van der Waals surface area contributed by atoms with E-state index >= 15 is 0 Å². The van der Waals surface area contributed by atoms with Crippen LogP contribution in [0.5, 0.6) is 0 Å². The molecule has 0 fully saturated rings. The van der Waals surface area contributed by atoms with Gasteiger partial charge in [-0.15, -0.1) is 11.3 Å². The molecule has 2 aromatic rings. The lowest BCUT2D eigenvalue weighted by Gasteiger charge is -2.38. The number of hydrogen-bond donors (Lipinski definition) is 0. The smallest absolute Gasteiger partial charge is 0.243 e. The van der Waals surface area contributed by atoms with Gasteiger partial charge in [0, 0.05) is 23.9 Å². The Bertz CT molecular complexity index is 864. The van der Waals surface area contributed by atoms with Gasteiger partial charge < -0.3 is 9.80 Å². The monoisotopic (exact) mass is 430 g/mol. The van der Waals surface area contributed by atoms with Gasteiger partial charge in [0.1, 0.15) is 12.4 Å². The Hall–Kier alpha value is -2.21. The summed E-state index contributed by atoms with van der Waals surface area (Å²) in [5.74, 6) is -0.292. The van der Waals surface area contributed by atoms with E-state index in [0.29, 0.717) is 13.0 Å². The number of amides is 2. The van der Waals surface area contributed by atoms with Crippen molar-refractivity contribution in [3.05, 3.63) is 57.5 Å². The highest BCUT2D eigenvalue weighted by molar-refractivity contribution is 7.10. The number of unbranched alkanes of at least 4 members (excludes halogenated alkanes) is 1. The third-order valence-corrected chi connectivity index (χ3v) is 6.96. The third-order valence-electron chi connectivity index (χ3n) is 5.97. The zero-order valence-electron chi connectivity index (χ0n) is 18.1. The number of rotatable bonds is 8. The van der Waals surface area contributed by atoms with Crippen LogP contribution in [-0.4, -0.2) is 40.7 Å². The fourth-order valence-electron chi connectivity index (χ4n) is 4.01. The molecule has 0 aliphatic carbocycles. The Labute approximate surface area is 182 Å². The normalized spacial score (nSPS) is 16.8. The molecule has 1 aromatic heterocycles. The van der Waals surface area contributed by atoms with Gasteiger partial charge in [-0.1, -0.05) is 32.4 Å². The molecular weight excluding hydrogens is 399 g/mol. The fraction of sp³-hybridized carbons (Fsp3) is 0.500. The maximum absolute atomic E-state index is 13.5. The highest BCUT2D eigenvalue weighted by Gasteiger charge is 2.34. The topological polar surface area (TPSA) is 40.6 Å². The van der Waals surface area contributed by atoms with Crippen molar-refractivity contribution in [1.29, 1.82) is 0 Å². The van der Waals surface area contributed by atoms with E-state index in [9.17, 15) is 14.0 Å². The first-order chi connectivity index (χ1) is 14.5. The van der Waals surface area contributed by atoms with Crippen molar-refractivity contribution in [3.8, 4) is 0 Å². The number of halogens is 1. The van der Waals surface area contributed by atoms with Crippen molar-refractivity contribution in [1.82, 2.24) is 9.80 Å². The first-order valence-electron chi connectivity index (χ1n) is 10.9. The second kappa shape index (κ2) is 10.2. The molecule has 1 aliphatic heterocycles. The molecule has 0 N–H and O–H groups in total. The molecule has 2 atom stereocenters. The summed E-state index contributed by atoms with van der Waals surface area (Å²) in [6, 6.07) is 8.24. The van der Waals surface area contributed by atoms with Gasteiger partial charge in [0.05, 0.1) is 6.04 Å². The van der Waals surface area contributed by atoms with Gasteiger partial charge in [-0.25, -0.2) is 4.39 Å². The Balaban J connectivity index is 1.86. The number of benzene rings is 1. The quantitative estimate of drug-likeness (QED) is 0.579. The van der Waals surface area contributed by atoms with Crippen LogP contribution in [0, 0.1) is 5.82 Å². The first-order valence-corrected chi connectivity index (χ1v) is 11.7. The van der Waals surface area contributed by atoms with E-state index < -0.39 is 0 Å². The molecule has 30 heavy (non-hydrogen) atoms. The lowest BCUT2D eigenvalue weighted by molar-refractivity contribution is -0.143. The molecule has 0 spiro atoms. The third kappa shape index (κ3) is 4.91. The Morgan fingerprint density at radius 3 is 2.63 bits per heavy atom. The zero-order valence-corrected chi connectivity index (χ0v) is 18.9. The molecular formula is C24H31FN2O2S. The SMILES string of the molecule is CCCCC(=O)N(CC(=O)N1CCc2sccc2[C@H]1c1ccc(F)cc1)[C@@H](C)CC. The summed E-state index contributed by atoms with van der Waals surface area (Å²) in [7, 11) is 0. The molecule has 0 unspecified atom stereocenters. The number of fused-ring (bicyclic) bond motifs is 1. The molecule has 0 saturated carbocycles. The summed E-state index contributed by atoms with van der Waals surface area (Å²) < 4.78 is 13.5. The Kier molecular flexibility index (Phi) is 7.64. The number of carbonyl (C=O) groups is 2. The highest BCUT2D eigenvalue weighted by Crippen LogP contribution is 2.38. The van der Waals surface area contributed by atoms with Crippen LogP contribution in [-0.2, 0) is 16.0 Å². The molecule has 0 radical (unpaired) electrons. The minimum absolute atomic E-state index is 0.0177. The van der Waals surface area contributed by atoms with Gasteiger partial charge in [0.15, 0.2) is 0 Å². The van der Waals surface area contributed by atoms with Crippen LogP contribution in [0.25, 0.3) is 0 Å². The van der Waals surface area contributed by atoms with Crippen molar-refractivity contribution in [3.63, 3.8) is 0 Å². The van der Waals surface area contributed by atoms with Crippen LogP contribution < -0.4 is 0 Å². The fourth-order valence-corrected chi connectivity index (χ4v) is 4.91. The zero-order chi connectivity index (χ0) is 21.7. The van der Waals surface area contributed by atoms with E-state index in [1.54, 1.807) is 28.4 Å². The molecule has 2 amide bonds. The molecule has 0 bridgehead atoms. The van der Waals surface area contributed by atoms with E-state index in [1.165, 1.54) is 17.0 Å². The lowest BCUT2D eigenvalue weighted by atomic mass is 9.93. The molecule has 1 aromatic carbocycles. The van der Waals surface area contributed by atoms with Crippen LogP contribution in [0.1, 0.15) is 68.5 Å². The van der Waals surface area contributed by atoms with E-state index in [-0.39, 0.29) is 36.3 Å². The standard InChI is InChI=1S/C24H31FN2O2S/c1-4-6-7-22(28)27(17(3)5-2)16-23(29)26-14-12-21-20(13-15-30-21)24(26)18-8-10-19(25)11-9-18/h8-11,13,15,17,24H,4-7,12,14,16H2,1-3H3/t17-,24+/m0/s1. The van der Waals surface area contributed by atoms with E-state index in [2.05, 4.69) is 18.4 Å². The Morgan fingerprint density at radius 1 is 1.23 bits per heavy atom. The molecule has 162 valence electrons. The molecule has 6 heteroatoms. The lowest BCUT2D eigenvalue weighted by Crippen LogP contribution is -2.49. The first kappa shape index (κ1) is 22.5. The van der Waals surface area contributed by atoms with Crippen molar-refractivity contribution in [2.75, 3.05) is 13.1 Å². The van der Waals surface area contributed by atoms with Crippen LogP contribution in [0.2, 0.25) is 0 Å². The minimum Gasteiger partial charge on any atom is -0.331 e. The molecule has 4 nitrogen and oxygen atoms in total. The average Bonchev–Trinajstić information content (AvgIpc) is 3.24. The van der Waals surface area contributed by atoms with Gasteiger partial charge in [0.2, 0.25) is 11.8 Å². The highest BCUT2D eigenvalue weighted by atomic mass is 32.1. The van der Waals surface area contributed by atoms with E-state index in [1.807, 2.05) is 18.7 Å². The summed E-state index contributed by atoms with van der Waals surface area (Å²) in [5.41, 5.74) is 2.01. The predicted octanol–water partition coefficient (Wildman–Crippen LogP) is 5.18. The number of carbonyl (C=O) groups excluding carboxylic acids is 2. The molecule has 0 saturated heterocycles. The second-order valence-corrected chi connectivity index (χ2v) is 8.97. The van der Waals surface area contributed by atoms with Gasteiger partial charge in [-0.3, -0.25) is 9.59 Å². The van der Waals surface area contributed by atoms with E-state index in [4.69, 9.17) is 0 Å². The summed E-state index contributed by atoms with van der Waals surface area (Å²) in [6.07, 6.45) is 3.88. The van der Waals surface area contributed by atoms with E-state index in [0.717, 1.165) is 36.8 Å². The predicted molar refractivity (Wildman–Crippen MR) is 119 cm³/mol. The van der Waals surface area contributed by atoms with Crippen LogP contribution in [0.4, 0.5) is 4.39 Å². The second-order valence-electron chi connectivity index (χ2n) is 7.97. The molecule has 1 aliphatic rings. The van der Waals surface area contributed by atoms with Gasteiger partial charge >= 0.3 is 0 Å². The number of hydrogen-bond acceptors (Lipinski definition) is 3. The average molecular weight is 431 g/mol. The minimum atomic E-state index is -0.289. The summed E-state index contributed by atoms with van der Waals surface area (Å²) >= 11 is 1.70. The largest absolute Gasteiger partial charge is 0.331 e. The van der Waals surface area contributed by atoms with Crippen molar-refractivity contribution >= 4 is 23.2 Å². The van der Waals surface area contributed by atoms with Gasteiger partial charge in [-0.05, 0) is 60.9 Å². The van der Waals surface area contributed by atoms with Crippen molar-refractivity contribution < 1.29 is 14.0 Å². The number of thiophene rings is 1. The summed E-state index contributed by atoms with van der Waals surface area (Å²) in [4.78, 5) is 31.1. The van der Waals surface area contributed by atoms with Crippen molar-refractivity contribution in [2.45, 2.75) is 65.0 Å². The van der Waals surface area contributed by atoms with Crippen LogP contribution in [0.3, 0.4) is 0 Å². The van der Waals surface area contributed by atoms with Gasteiger partial charge in [-0.2, -0.15) is 0 Å². The maximum atomic E-state index is 13.5. The Morgan fingerprint density at radius 2 is 1.97 bits per heavy atom.